The number of anilines is 2. The van der Waals surface area contributed by atoms with E-state index in [1.165, 1.54) is 17.2 Å². The Morgan fingerprint density at radius 2 is 2.15 bits per heavy atom. The van der Waals surface area contributed by atoms with Crippen molar-refractivity contribution in [3.8, 4) is 5.82 Å². The fourth-order valence-corrected chi connectivity index (χ4v) is 2.74. The molecule has 20 heavy (non-hydrogen) atoms. The smallest absolute Gasteiger partial charge is 0.182 e. The molecule has 108 valence electrons. The second-order valence-electron chi connectivity index (χ2n) is 4.30. The van der Waals surface area contributed by atoms with E-state index in [1.807, 2.05) is 6.92 Å². The van der Waals surface area contributed by atoms with Gasteiger partial charge in [-0.15, -0.1) is 5.10 Å². The zero-order chi connectivity index (χ0) is 14.9. The van der Waals surface area contributed by atoms with Crippen LogP contribution in [0.4, 0.5) is 11.6 Å². The van der Waals surface area contributed by atoms with Crippen LogP contribution in [0.25, 0.3) is 5.82 Å². The summed E-state index contributed by atoms with van der Waals surface area (Å²) in [6.07, 6.45) is 3.99. The Morgan fingerprint density at radius 1 is 1.45 bits per heavy atom. The molecule has 2 rings (SSSR count). The van der Waals surface area contributed by atoms with Gasteiger partial charge in [0.25, 0.3) is 0 Å². The average Bonchev–Trinajstić information content (AvgIpc) is 2.76. The first-order valence-electron chi connectivity index (χ1n) is 5.92. The zero-order valence-corrected chi connectivity index (χ0v) is 12.3. The maximum absolute atomic E-state index is 11.9. The van der Waals surface area contributed by atoms with Crippen LogP contribution in [-0.2, 0) is 9.84 Å². The highest BCUT2D eigenvalue weighted by atomic mass is 32.2. The molecule has 2 heterocycles. The van der Waals surface area contributed by atoms with Crippen LogP contribution in [-0.4, -0.2) is 48.0 Å². The molecule has 0 saturated carbocycles. The van der Waals surface area contributed by atoms with Crippen molar-refractivity contribution in [2.75, 3.05) is 30.5 Å². The van der Waals surface area contributed by atoms with Gasteiger partial charge in [0.05, 0.1) is 0 Å². The van der Waals surface area contributed by atoms with Crippen molar-refractivity contribution < 1.29 is 8.42 Å². The van der Waals surface area contributed by atoms with Crippen molar-refractivity contribution in [3.05, 3.63) is 18.6 Å². The van der Waals surface area contributed by atoms with E-state index in [0.717, 1.165) is 6.26 Å². The maximum atomic E-state index is 11.9. The molecule has 2 aromatic heterocycles. The predicted octanol–water partition coefficient (Wildman–Crippen LogP) is 0.104. The molecule has 0 spiro atoms. The normalized spacial score (nSPS) is 11.6. The van der Waals surface area contributed by atoms with Crippen molar-refractivity contribution in [2.24, 2.45) is 0 Å². The first kappa shape index (κ1) is 14.3. The van der Waals surface area contributed by atoms with Gasteiger partial charge in [0.15, 0.2) is 26.4 Å². The summed E-state index contributed by atoms with van der Waals surface area (Å²) in [5.41, 5.74) is 5.95. The molecule has 0 aliphatic rings. The zero-order valence-electron chi connectivity index (χ0n) is 11.5. The number of nitrogens with zero attached hydrogens (tertiary/aromatic N) is 5. The lowest BCUT2D eigenvalue weighted by Crippen LogP contribution is -2.19. The Labute approximate surface area is 117 Å². The summed E-state index contributed by atoms with van der Waals surface area (Å²) in [4.78, 5) is 9.56. The van der Waals surface area contributed by atoms with Gasteiger partial charge in [-0.2, -0.15) is 4.68 Å². The van der Waals surface area contributed by atoms with E-state index in [9.17, 15) is 8.42 Å². The molecule has 0 aromatic carbocycles. The van der Waals surface area contributed by atoms with Crippen LogP contribution >= 0.6 is 0 Å². The van der Waals surface area contributed by atoms with Crippen molar-refractivity contribution in [1.29, 1.82) is 0 Å². The summed E-state index contributed by atoms with van der Waals surface area (Å²) < 4.78 is 25.2. The topological polar surface area (TPSA) is 107 Å². The minimum absolute atomic E-state index is 0.0143. The van der Waals surface area contributed by atoms with Gasteiger partial charge < -0.3 is 10.6 Å². The van der Waals surface area contributed by atoms with Crippen molar-refractivity contribution >= 4 is 21.5 Å². The number of aromatic nitrogens is 4. The number of hydrogen-bond acceptors (Lipinski definition) is 7. The van der Waals surface area contributed by atoms with Gasteiger partial charge in [-0.25, -0.2) is 18.4 Å². The van der Waals surface area contributed by atoms with E-state index < -0.39 is 9.84 Å². The van der Waals surface area contributed by atoms with E-state index in [2.05, 4.69) is 15.1 Å². The fourth-order valence-electron chi connectivity index (χ4n) is 1.74. The van der Waals surface area contributed by atoms with Crippen molar-refractivity contribution in [2.45, 2.75) is 11.8 Å². The first-order chi connectivity index (χ1) is 9.36. The lowest BCUT2D eigenvalue weighted by Gasteiger charge is -2.14. The standard InChI is InChI=1S/C11H16N6O2S/c1-4-16(2)11-9(20(3,18)19)10(12)17(15-11)8-5-6-13-7-14-8/h5-7H,4,12H2,1-3H3. The number of hydrogen-bond donors (Lipinski definition) is 1. The highest BCUT2D eigenvalue weighted by Gasteiger charge is 2.26. The minimum Gasteiger partial charge on any atom is -0.382 e. The fraction of sp³-hybridized carbons (Fsp3) is 0.364. The largest absolute Gasteiger partial charge is 0.382 e. The first-order valence-corrected chi connectivity index (χ1v) is 7.81. The molecule has 0 aliphatic heterocycles. The van der Waals surface area contributed by atoms with E-state index >= 15 is 0 Å². The molecule has 0 aliphatic carbocycles. The molecule has 8 nitrogen and oxygen atoms in total. The molecule has 2 N–H and O–H groups in total. The lowest BCUT2D eigenvalue weighted by molar-refractivity contribution is 0.602. The third-order valence-electron chi connectivity index (χ3n) is 2.85. The van der Waals surface area contributed by atoms with Gasteiger partial charge in [0.1, 0.15) is 12.1 Å². The van der Waals surface area contributed by atoms with Gasteiger partial charge in [-0.3, -0.25) is 0 Å². The molecule has 0 saturated heterocycles. The van der Waals surface area contributed by atoms with Crippen molar-refractivity contribution in [3.63, 3.8) is 0 Å². The Kier molecular flexibility index (Phi) is 3.62. The van der Waals surface area contributed by atoms with E-state index in [4.69, 9.17) is 5.73 Å². The molecule has 0 bridgehead atoms. The Balaban J connectivity index is 2.72. The Hall–Kier alpha value is -2.16. The average molecular weight is 296 g/mol. The summed E-state index contributed by atoms with van der Waals surface area (Å²) in [5, 5.41) is 4.27. The molecule has 2 aromatic rings. The minimum atomic E-state index is -3.50. The Morgan fingerprint density at radius 3 is 2.65 bits per heavy atom. The van der Waals surface area contributed by atoms with E-state index in [0.29, 0.717) is 18.2 Å². The monoisotopic (exact) mass is 296 g/mol. The summed E-state index contributed by atoms with van der Waals surface area (Å²) in [5.74, 6) is 0.769. The van der Waals surface area contributed by atoms with E-state index in [-0.39, 0.29) is 10.7 Å². The van der Waals surface area contributed by atoms with Crippen LogP contribution in [0.5, 0.6) is 0 Å². The number of sulfone groups is 1. The lowest BCUT2D eigenvalue weighted by atomic mass is 10.5. The van der Waals surface area contributed by atoms with Crippen LogP contribution in [0.15, 0.2) is 23.5 Å². The van der Waals surface area contributed by atoms with Gasteiger partial charge in [-0.05, 0) is 6.92 Å². The van der Waals surface area contributed by atoms with Gasteiger partial charge in [0.2, 0.25) is 0 Å². The molecular weight excluding hydrogens is 280 g/mol. The maximum Gasteiger partial charge on any atom is 0.182 e. The van der Waals surface area contributed by atoms with Gasteiger partial charge in [-0.1, -0.05) is 0 Å². The van der Waals surface area contributed by atoms with Crippen molar-refractivity contribution in [1.82, 2.24) is 19.7 Å². The predicted molar refractivity (Wildman–Crippen MR) is 75.6 cm³/mol. The highest BCUT2D eigenvalue weighted by Crippen LogP contribution is 2.30. The van der Waals surface area contributed by atoms with Crippen LogP contribution in [0.3, 0.4) is 0 Å². The Bertz CT molecular complexity index is 710. The van der Waals surface area contributed by atoms with Crippen LogP contribution in [0.1, 0.15) is 6.92 Å². The number of rotatable bonds is 4. The summed E-state index contributed by atoms with van der Waals surface area (Å²) in [6.45, 7) is 2.49. The molecule has 0 atom stereocenters. The quantitative estimate of drug-likeness (QED) is 0.852. The SMILES string of the molecule is CCN(C)c1nn(-c2ccncn2)c(N)c1S(C)(=O)=O. The third kappa shape index (κ3) is 2.44. The molecule has 0 radical (unpaired) electrons. The summed E-state index contributed by atoms with van der Waals surface area (Å²) >= 11 is 0. The second kappa shape index (κ2) is 5.08. The summed E-state index contributed by atoms with van der Waals surface area (Å²) in [6, 6.07) is 1.60. The molecule has 0 amide bonds. The van der Waals surface area contributed by atoms with Gasteiger partial charge >= 0.3 is 0 Å². The molecule has 0 fully saturated rings. The van der Waals surface area contributed by atoms with Gasteiger partial charge in [0, 0.05) is 32.1 Å². The van der Waals surface area contributed by atoms with Crippen LogP contribution in [0.2, 0.25) is 0 Å². The number of nitrogens with two attached hydrogens (primary N) is 1. The molecule has 0 unspecified atom stereocenters. The number of nitrogen functional groups attached to an aromatic ring is 1. The summed E-state index contributed by atoms with van der Waals surface area (Å²) in [7, 11) is -1.75. The highest BCUT2D eigenvalue weighted by molar-refractivity contribution is 7.91. The van der Waals surface area contributed by atoms with E-state index in [1.54, 1.807) is 18.0 Å². The molecule has 9 heteroatoms. The molecular formula is C11H16N6O2S. The third-order valence-corrected chi connectivity index (χ3v) is 3.98. The van der Waals surface area contributed by atoms with Crippen LogP contribution in [0, 0.1) is 0 Å². The second-order valence-corrected chi connectivity index (χ2v) is 6.26. The van der Waals surface area contributed by atoms with Crippen LogP contribution < -0.4 is 10.6 Å².